The molecule has 1 aliphatic carbocycles. The van der Waals surface area contributed by atoms with E-state index in [2.05, 4.69) is 0 Å². The molecule has 0 unspecified atom stereocenters. The molecule has 2 N–H and O–H groups in total. The van der Waals surface area contributed by atoms with Gasteiger partial charge in [0.05, 0.1) is 4.43 Å². The van der Waals surface area contributed by atoms with Gasteiger partial charge in [-0.1, -0.05) is 12.1 Å². The van der Waals surface area contributed by atoms with Gasteiger partial charge in [0.2, 0.25) is 0 Å². The van der Waals surface area contributed by atoms with Gasteiger partial charge in [0.25, 0.3) is 11.2 Å². The molecule has 18 heavy (non-hydrogen) atoms. The molecule has 1 aromatic carbocycles. The predicted molar refractivity (Wildman–Crippen MR) is 63.2 cm³/mol. The Morgan fingerprint density at radius 2 is 1.89 bits per heavy atom. The average molecular weight is 248 g/mol. The zero-order valence-electron chi connectivity index (χ0n) is 9.48. The Hall–Kier alpha value is -1.92. The molecule has 1 heterocycles. The Labute approximate surface area is 102 Å². The lowest BCUT2D eigenvalue weighted by Crippen LogP contribution is -2.34. The maximum Gasteiger partial charge on any atom is 0.290 e. The molecule has 6 nitrogen and oxygen atoms in total. The standard InChI is InChI=1S/C12H12N2O4/c15-9-5-6-10(16)12-11(9)13(17)7-3-1-2-4-8(7)14(12)18/h1-4,9-10,15-16H,5-6H2/t9-,10-/m1/s1. The molecule has 2 aromatic rings. The van der Waals surface area contributed by atoms with E-state index >= 15 is 0 Å². The number of para-hydroxylation sites is 2. The zero-order valence-corrected chi connectivity index (χ0v) is 9.48. The number of aromatic nitrogens is 2. The first-order valence-corrected chi connectivity index (χ1v) is 5.75. The molecule has 6 heteroatoms. The third-order valence-corrected chi connectivity index (χ3v) is 3.36. The fourth-order valence-electron chi connectivity index (χ4n) is 2.48. The smallest absolute Gasteiger partial charge is 0.290 e. The second kappa shape index (κ2) is 3.79. The maximum atomic E-state index is 12.2. The lowest BCUT2D eigenvalue weighted by molar-refractivity contribution is -0.484. The van der Waals surface area contributed by atoms with Crippen LogP contribution in [-0.4, -0.2) is 14.9 Å². The first kappa shape index (κ1) is 11.2. The van der Waals surface area contributed by atoms with Gasteiger partial charge in [-0.25, -0.2) is 0 Å². The van der Waals surface area contributed by atoms with Crippen molar-refractivity contribution >= 4 is 11.0 Å². The van der Waals surface area contributed by atoms with Crippen molar-refractivity contribution < 1.29 is 14.6 Å². The van der Waals surface area contributed by atoms with Gasteiger partial charge in [0.15, 0.2) is 0 Å². The highest BCUT2D eigenvalue weighted by atomic mass is 16.5. The van der Waals surface area contributed by atoms with E-state index in [9.17, 15) is 20.3 Å². The predicted octanol–water partition coefficient (Wildman–Crippen LogP) is 0.762. The highest BCUT2D eigenvalue weighted by Crippen LogP contribution is 2.34. The first-order valence-electron chi connectivity index (χ1n) is 5.75. The van der Waals surface area contributed by atoms with Gasteiger partial charge in [0.1, 0.15) is 23.4 Å². The summed E-state index contributed by atoms with van der Waals surface area (Å²) < 4.78 is 1.10. The van der Waals surface area contributed by atoms with E-state index in [0.29, 0.717) is 9.16 Å². The highest BCUT2D eigenvalue weighted by Gasteiger charge is 2.36. The average Bonchev–Trinajstić information content (AvgIpc) is 2.38. The van der Waals surface area contributed by atoms with Crippen molar-refractivity contribution in [1.29, 1.82) is 0 Å². The van der Waals surface area contributed by atoms with Crippen LogP contribution >= 0.6 is 0 Å². The second-order valence-corrected chi connectivity index (χ2v) is 4.46. The molecule has 0 aliphatic heterocycles. The lowest BCUT2D eigenvalue weighted by atomic mass is 9.95. The van der Waals surface area contributed by atoms with Crippen LogP contribution < -0.4 is 4.43 Å². The van der Waals surface area contributed by atoms with Crippen LogP contribution in [-0.2, 0) is 0 Å². The summed E-state index contributed by atoms with van der Waals surface area (Å²) >= 11 is 0. The minimum atomic E-state index is -1.01. The van der Waals surface area contributed by atoms with Crippen molar-refractivity contribution in [2.24, 2.45) is 0 Å². The summed E-state index contributed by atoms with van der Waals surface area (Å²) in [5.74, 6) is 0. The summed E-state index contributed by atoms with van der Waals surface area (Å²) in [6.45, 7) is 0. The monoisotopic (exact) mass is 248 g/mol. The van der Waals surface area contributed by atoms with Crippen LogP contribution in [0.5, 0.6) is 0 Å². The van der Waals surface area contributed by atoms with Gasteiger partial charge >= 0.3 is 0 Å². The molecule has 0 bridgehead atoms. The van der Waals surface area contributed by atoms with Crippen molar-refractivity contribution in [2.45, 2.75) is 25.0 Å². The summed E-state index contributed by atoms with van der Waals surface area (Å²) in [4.78, 5) is 12.2. The van der Waals surface area contributed by atoms with Crippen LogP contribution in [0.2, 0.25) is 0 Å². The molecule has 2 atom stereocenters. The minimum Gasteiger partial charge on any atom is -0.805 e. The van der Waals surface area contributed by atoms with Crippen molar-refractivity contribution in [3.63, 3.8) is 0 Å². The van der Waals surface area contributed by atoms with E-state index in [-0.39, 0.29) is 35.3 Å². The Bertz CT molecular complexity index is 680. The number of aliphatic hydroxyl groups is 2. The summed E-state index contributed by atoms with van der Waals surface area (Å²) in [6.07, 6.45) is -1.47. The Morgan fingerprint density at radius 1 is 1.22 bits per heavy atom. The molecule has 94 valence electrons. The van der Waals surface area contributed by atoms with E-state index in [1.165, 1.54) is 12.1 Å². The number of benzene rings is 1. The van der Waals surface area contributed by atoms with Crippen LogP contribution in [0, 0.1) is 10.1 Å². The van der Waals surface area contributed by atoms with Gasteiger partial charge in [-0.05, 0) is 18.9 Å². The molecule has 0 saturated heterocycles. The van der Waals surface area contributed by atoms with Crippen molar-refractivity contribution in [3.05, 3.63) is 45.8 Å². The molecule has 1 aromatic heterocycles. The Kier molecular flexibility index (Phi) is 2.36. The van der Waals surface area contributed by atoms with E-state index < -0.39 is 12.2 Å². The maximum absolute atomic E-state index is 12.2. The molecule has 0 amide bonds. The molecule has 3 rings (SSSR count). The van der Waals surface area contributed by atoms with Gasteiger partial charge in [-0.15, -0.1) is 0 Å². The van der Waals surface area contributed by atoms with Crippen molar-refractivity contribution in [3.8, 4) is 0 Å². The fourth-order valence-corrected chi connectivity index (χ4v) is 2.48. The fraction of sp³-hybridized carbons (Fsp3) is 0.333. The van der Waals surface area contributed by atoms with Gasteiger partial charge in [-0.3, -0.25) is 0 Å². The number of nitrogens with zero attached hydrogens (tertiary/aromatic N) is 2. The Morgan fingerprint density at radius 3 is 2.67 bits per heavy atom. The topological polar surface area (TPSA) is 91.4 Å². The van der Waals surface area contributed by atoms with Crippen LogP contribution in [0.1, 0.15) is 36.4 Å². The van der Waals surface area contributed by atoms with Crippen LogP contribution in [0.3, 0.4) is 0 Å². The third kappa shape index (κ3) is 1.36. The highest BCUT2D eigenvalue weighted by molar-refractivity contribution is 5.72. The van der Waals surface area contributed by atoms with E-state index in [1.54, 1.807) is 12.1 Å². The van der Waals surface area contributed by atoms with Gasteiger partial charge < -0.3 is 20.2 Å². The minimum absolute atomic E-state index is 0.0394. The molecule has 0 fully saturated rings. The largest absolute Gasteiger partial charge is 0.805 e. The summed E-state index contributed by atoms with van der Waals surface area (Å²) in [5, 5.41) is 31.9. The first-order chi connectivity index (χ1) is 8.61. The third-order valence-electron chi connectivity index (χ3n) is 3.36. The van der Waals surface area contributed by atoms with E-state index in [4.69, 9.17) is 0 Å². The Balaban J connectivity index is 2.50. The van der Waals surface area contributed by atoms with Crippen LogP contribution in [0.4, 0.5) is 0 Å². The molecule has 0 radical (unpaired) electrons. The lowest BCUT2D eigenvalue weighted by Gasteiger charge is -2.27. The molecular formula is C12H12N2O4. The van der Waals surface area contributed by atoms with Crippen LogP contribution in [0.15, 0.2) is 24.3 Å². The summed E-state index contributed by atoms with van der Waals surface area (Å²) in [5.41, 5.74) is 0.309. The van der Waals surface area contributed by atoms with E-state index in [1.807, 2.05) is 0 Å². The number of fused-ring (bicyclic) bond motifs is 2. The molecule has 0 saturated carbocycles. The number of hydrogen-bond acceptors (Lipinski definition) is 4. The van der Waals surface area contributed by atoms with Crippen LogP contribution in [0.25, 0.3) is 11.0 Å². The molecular weight excluding hydrogens is 236 g/mol. The SMILES string of the molecule is O=[n+]1c2c(n([O-])c3ccccc31)[C@H](O)CC[C@H]2O. The van der Waals surface area contributed by atoms with Crippen molar-refractivity contribution in [1.82, 2.24) is 4.73 Å². The van der Waals surface area contributed by atoms with Crippen molar-refractivity contribution in [2.75, 3.05) is 0 Å². The molecule has 1 aliphatic rings. The number of aliphatic hydroxyl groups excluding tert-OH is 2. The zero-order chi connectivity index (χ0) is 12.9. The normalized spacial score (nSPS) is 23.0. The quantitative estimate of drug-likeness (QED) is 0.673. The number of hydrogen-bond donors (Lipinski definition) is 2. The molecule has 0 spiro atoms. The van der Waals surface area contributed by atoms with Gasteiger partial charge in [-0.2, -0.15) is 0 Å². The van der Waals surface area contributed by atoms with E-state index in [0.717, 1.165) is 0 Å². The van der Waals surface area contributed by atoms with Gasteiger partial charge in [0, 0.05) is 11.0 Å². The summed E-state index contributed by atoms with van der Waals surface area (Å²) in [7, 11) is 0. The second-order valence-electron chi connectivity index (χ2n) is 4.46. The summed E-state index contributed by atoms with van der Waals surface area (Å²) in [6, 6.07) is 6.33. The number of rotatable bonds is 0.